The Balaban J connectivity index is 2.53. The fourth-order valence-electron chi connectivity index (χ4n) is 1.70. The van der Waals surface area contributed by atoms with Gasteiger partial charge in [0.25, 0.3) is 0 Å². The zero-order valence-electron chi connectivity index (χ0n) is 12.8. The highest BCUT2D eigenvalue weighted by molar-refractivity contribution is 6.20. The van der Waals surface area contributed by atoms with E-state index < -0.39 is 5.41 Å². The van der Waals surface area contributed by atoms with Crippen molar-refractivity contribution in [3.63, 3.8) is 0 Å². The van der Waals surface area contributed by atoms with Crippen molar-refractivity contribution in [1.29, 1.82) is 0 Å². The maximum absolute atomic E-state index is 12.0. The van der Waals surface area contributed by atoms with Gasteiger partial charge in [0.2, 0.25) is 5.91 Å². The molecule has 0 unspecified atom stereocenters. The summed E-state index contributed by atoms with van der Waals surface area (Å²) in [6.07, 6.45) is 3.52. The minimum absolute atomic E-state index is 0.0872. The van der Waals surface area contributed by atoms with Gasteiger partial charge in [-0.2, -0.15) is 5.10 Å². The average Bonchev–Trinajstić information content (AvgIpc) is 2.87. The predicted molar refractivity (Wildman–Crippen MR) is 83.1 cm³/mol. The Morgan fingerprint density at radius 1 is 1.45 bits per heavy atom. The van der Waals surface area contributed by atoms with Gasteiger partial charge in [0.1, 0.15) is 0 Å². The van der Waals surface area contributed by atoms with E-state index in [-0.39, 0.29) is 11.8 Å². The van der Waals surface area contributed by atoms with Crippen LogP contribution in [0, 0.1) is 5.41 Å². The van der Waals surface area contributed by atoms with Crippen molar-refractivity contribution in [1.82, 2.24) is 14.7 Å². The average molecular weight is 301 g/mol. The first-order chi connectivity index (χ1) is 9.42. The molecule has 1 aromatic heterocycles. The number of hydrogen-bond acceptors (Lipinski definition) is 3. The Bertz CT molecular complexity index is 427. The van der Waals surface area contributed by atoms with Crippen molar-refractivity contribution < 1.29 is 4.79 Å². The molecular weight excluding hydrogens is 276 g/mol. The molecule has 0 saturated heterocycles. The van der Waals surface area contributed by atoms with Crippen molar-refractivity contribution >= 4 is 23.2 Å². The van der Waals surface area contributed by atoms with Crippen LogP contribution in [0.25, 0.3) is 0 Å². The Morgan fingerprint density at radius 2 is 2.10 bits per heavy atom. The van der Waals surface area contributed by atoms with E-state index in [1.165, 1.54) is 0 Å². The molecule has 0 radical (unpaired) electrons. The standard InChI is InChI=1S/C14H25ClN4O/c1-5-18(6-2)7-8-19-10-12(9-16-19)17-13(20)14(3,4)11-15/h9-10H,5-8,11H2,1-4H3,(H,17,20). The Hall–Kier alpha value is -1.07. The number of carbonyl (C=O) groups is 1. The van der Waals surface area contributed by atoms with E-state index in [1.54, 1.807) is 6.20 Å². The summed E-state index contributed by atoms with van der Waals surface area (Å²) in [5, 5.41) is 7.11. The fraction of sp³-hybridized carbons (Fsp3) is 0.714. The van der Waals surface area contributed by atoms with E-state index in [9.17, 15) is 4.79 Å². The Kier molecular flexibility index (Phi) is 6.49. The molecule has 5 nitrogen and oxygen atoms in total. The molecule has 6 heteroatoms. The molecule has 1 aromatic rings. The maximum Gasteiger partial charge on any atom is 0.231 e. The number of nitrogens with zero attached hydrogens (tertiary/aromatic N) is 3. The minimum atomic E-state index is -0.578. The van der Waals surface area contributed by atoms with Gasteiger partial charge in [-0.25, -0.2) is 0 Å². The van der Waals surface area contributed by atoms with Crippen molar-refractivity contribution in [3.05, 3.63) is 12.4 Å². The second kappa shape index (κ2) is 7.64. The number of hydrogen-bond donors (Lipinski definition) is 1. The number of alkyl halides is 1. The lowest BCUT2D eigenvalue weighted by molar-refractivity contribution is -0.122. The van der Waals surface area contributed by atoms with E-state index in [2.05, 4.69) is 29.2 Å². The predicted octanol–water partition coefficient (Wildman–Crippen LogP) is 2.43. The molecule has 0 fully saturated rings. The SMILES string of the molecule is CCN(CC)CCn1cc(NC(=O)C(C)(C)CCl)cn1. The smallest absolute Gasteiger partial charge is 0.231 e. The van der Waals surface area contributed by atoms with Crippen LogP contribution < -0.4 is 5.32 Å². The van der Waals surface area contributed by atoms with Crippen LogP contribution in [0.1, 0.15) is 27.7 Å². The highest BCUT2D eigenvalue weighted by Crippen LogP contribution is 2.19. The summed E-state index contributed by atoms with van der Waals surface area (Å²) in [5.41, 5.74) is 0.137. The number of aromatic nitrogens is 2. The second-order valence-corrected chi connectivity index (χ2v) is 5.76. The number of likely N-dealkylation sites (N-methyl/N-ethyl adjacent to an activating group) is 1. The molecular formula is C14H25ClN4O. The largest absolute Gasteiger partial charge is 0.323 e. The lowest BCUT2D eigenvalue weighted by Crippen LogP contribution is -2.32. The molecule has 1 N–H and O–H groups in total. The molecule has 114 valence electrons. The molecule has 1 amide bonds. The third kappa shape index (κ3) is 4.80. The van der Waals surface area contributed by atoms with Crippen LogP contribution in [0.3, 0.4) is 0 Å². The summed E-state index contributed by atoms with van der Waals surface area (Å²) in [4.78, 5) is 14.3. The van der Waals surface area contributed by atoms with Gasteiger partial charge in [-0.3, -0.25) is 9.48 Å². The van der Waals surface area contributed by atoms with E-state index in [0.717, 1.165) is 26.2 Å². The molecule has 0 atom stereocenters. The highest BCUT2D eigenvalue weighted by Gasteiger charge is 2.26. The molecule has 0 aromatic carbocycles. The van der Waals surface area contributed by atoms with Crippen LogP contribution in [0.15, 0.2) is 12.4 Å². The van der Waals surface area contributed by atoms with Crippen molar-refractivity contribution in [3.8, 4) is 0 Å². The van der Waals surface area contributed by atoms with Gasteiger partial charge in [-0.15, -0.1) is 11.6 Å². The molecule has 20 heavy (non-hydrogen) atoms. The third-order valence-electron chi connectivity index (χ3n) is 3.38. The molecule has 0 aliphatic rings. The molecule has 0 spiro atoms. The first-order valence-electron chi connectivity index (χ1n) is 7.05. The summed E-state index contributed by atoms with van der Waals surface area (Å²) >= 11 is 5.79. The zero-order valence-corrected chi connectivity index (χ0v) is 13.6. The van der Waals surface area contributed by atoms with Gasteiger partial charge in [0, 0.05) is 18.6 Å². The van der Waals surface area contributed by atoms with E-state index in [4.69, 9.17) is 11.6 Å². The molecule has 0 saturated carbocycles. The number of nitrogens with one attached hydrogen (secondary N) is 1. The summed E-state index contributed by atoms with van der Waals surface area (Å²) in [7, 11) is 0. The van der Waals surface area contributed by atoms with Gasteiger partial charge in [-0.1, -0.05) is 13.8 Å². The Morgan fingerprint density at radius 3 is 2.65 bits per heavy atom. The lowest BCUT2D eigenvalue weighted by atomic mass is 9.95. The van der Waals surface area contributed by atoms with Gasteiger partial charge >= 0.3 is 0 Å². The first-order valence-corrected chi connectivity index (χ1v) is 7.58. The van der Waals surface area contributed by atoms with Crippen molar-refractivity contribution in [2.75, 3.05) is 30.8 Å². The maximum atomic E-state index is 12.0. The van der Waals surface area contributed by atoms with Crippen molar-refractivity contribution in [2.24, 2.45) is 5.41 Å². The van der Waals surface area contributed by atoms with E-state index in [1.807, 2.05) is 24.7 Å². The van der Waals surface area contributed by atoms with Crippen LogP contribution in [0.5, 0.6) is 0 Å². The summed E-state index contributed by atoms with van der Waals surface area (Å²) < 4.78 is 1.85. The van der Waals surface area contributed by atoms with Crippen LogP contribution >= 0.6 is 11.6 Å². The van der Waals surface area contributed by atoms with Gasteiger partial charge in [0.15, 0.2) is 0 Å². The summed E-state index contributed by atoms with van der Waals surface area (Å²) in [6.45, 7) is 11.8. The number of rotatable bonds is 8. The highest BCUT2D eigenvalue weighted by atomic mass is 35.5. The molecule has 0 aliphatic heterocycles. The normalized spacial score (nSPS) is 11.9. The second-order valence-electron chi connectivity index (χ2n) is 5.49. The van der Waals surface area contributed by atoms with Crippen molar-refractivity contribution in [2.45, 2.75) is 34.2 Å². The topological polar surface area (TPSA) is 50.2 Å². The van der Waals surface area contributed by atoms with Crippen LogP contribution in [0.4, 0.5) is 5.69 Å². The number of halogens is 1. The quantitative estimate of drug-likeness (QED) is 0.750. The van der Waals surface area contributed by atoms with E-state index >= 15 is 0 Å². The van der Waals surface area contributed by atoms with Crippen LogP contribution in [-0.4, -0.2) is 46.1 Å². The zero-order chi connectivity index (χ0) is 15.2. The lowest BCUT2D eigenvalue weighted by Gasteiger charge is -2.19. The number of carbonyl (C=O) groups excluding carboxylic acids is 1. The van der Waals surface area contributed by atoms with Crippen LogP contribution in [-0.2, 0) is 11.3 Å². The minimum Gasteiger partial charge on any atom is -0.323 e. The van der Waals surface area contributed by atoms with Gasteiger partial charge < -0.3 is 10.2 Å². The Labute approximate surface area is 126 Å². The van der Waals surface area contributed by atoms with E-state index in [0.29, 0.717) is 5.69 Å². The van der Waals surface area contributed by atoms with Gasteiger partial charge in [-0.05, 0) is 26.9 Å². The molecule has 1 heterocycles. The monoisotopic (exact) mass is 300 g/mol. The summed E-state index contributed by atoms with van der Waals surface area (Å²) in [5.74, 6) is 0.199. The fourth-order valence-corrected chi connectivity index (χ4v) is 1.82. The molecule has 0 bridgehead atoms. The summed E-state index contributed by atoms with van der Waals surface area (Å²) in [6, 6.07) is 0. The number of anilines is 1. The van der Waals surface area contributed by atoms with Crippen LogP contribution in [0.2, 0.25) is 0 Å². The first kappa shape index (κ1) is 17.0. The third-order valence-corrected chi connectivity index (χ3v) is 4.05. The van der Waals surface area contributed by atoms with Gasteiger partial charge in [0.05, 0.1) is 23.8 Å². The number of amides is 1. The molecule has 1 rings (SSSR count). The molecule has 0 aliphatic carbocycles.